The molecule has 2 unspecified atom stereocenters. The molecule has 13 nitrogen and oxygen atoms in total. The van der Waals surface area contributed by atoms with Crippen LogP contribution in [0.2, 0.25) is 72.0 Å². The summed E-state index contributed by atoms with van der Waals surface area (Å²) in [4.78, 5) is 0. The van der Waals surface area contributed by atoms with Crippen LogP contribution in [0.25, 0.3) is 0 Å². The Labute approximate surface area is 231 Å². The van der Waals surface area contributed by atoms with E-state index in [1.54, 1.807) is 0 Å². The van der Waals surface area contributed by atoms with E-state index in [4.69, 9.17) is 53.8 Å². The van der Waals surface area contributed by atoms with Gasteiger partial charge in [0.2, 0.25) is 0 Å². The van der Waals surface area contributed by atoms with E-state index >= 15 is 0 Å². The number of rotatable bonds is 13. The van der Waals surface area contributed by atoms with E-state index in [1.165, 1.54) is 0 Å². The largest absolute Gasteiger partial charge is 0.661 e. The van der Waals surface area contributed by atoms with Gasteiger partial charge in [-0.15, -0.1) is 0 Å². The Kier molecular flexibility index (Phi) is 11.1. The van der Waals surface area contributed by atoms with Crippen LogP contribution in [0.1, 0.15) is 0 Å². The molecule has 4 rings (SSSR count). The fourth-order valence-electron chi connectivity index (χ4n) is 3.13. The lowest BCUT2D eigenvalue weighted by Gasteiger charge is -2.57. The Bertz CT molecular complexity index is 706. The third-order valence-corrected chi connectivity index (χ3v) is 32.2. The first kappa shape index (κ1) is 32.4. The van der Waals surface area contributed by atoms with Crippen LogP contribution in [0.3, 0.4) is 0 Å². The Balaban J connectivity index is 2.24. The lowest BCUT2D eigenvalue weighted by Crippen LogP contribution is -2.89. The summed E-state index contributed by atoms with van der Waals surface area (Å²) in [6.07, 6.45) is 0.331. The quantitative estimate of drug-likeness (QED) is 0.259. The van der Waals surface area contributed by atoms with Crippen LogP contribution in [0.5, 0.6) is 0 Å². The van der Waals surface area contributed by atoms with Crippen LogP contribution in [0, 0.1) is 0 Å². The lowest BCUT2D eigenvalue weighted by atomic mass is 11.7. The van der Waals surface area contributed by atoms with Crippen LogP contribution < -0.4 is 0 Å². The van der Waals surface area contributed by atoms with Gasteiger partial charge in [0, 0.05) is 6.23 Å². The second-order valence-electron chi connectivity index (χ2n) is 8.91. The van der Waals surface area contributed by atoms with Gasteiger partial charge in [-0.2, -0.15) is 0 Å². The van der Waals surface area contributed by atoms with Gasteiger partial charge in [0.25, 0.3) is 0 Å². The molecule has 4 fully saturated rings. The molecule has 24 heteroatoms. The van der Waals surface area contributed by atoms with Crippen molar-refractivity contribution in [2.75, 3.05) is 6.23 Å². The van der Waals surface area contributed by atoms with E-state index in [2.05, 4.69) is 0 Å². The van der Waals surface area contributed by atoms with Crippen molar-refractivity contribution in [3.05, 3.63) is 0 Å². The highest BCUT2D eigenvalue weighted by molar-refractivity contribution is 6.98. The zero-order valence-corrected chi connectivity index (χ0v) is 33.5. The summed E-state index contributed by atoms with van der Waals surface area (Å²) in [7, 11) is -27.0. The van der Waals surface area contributed by atoms with Gasteiger partial charge in [0.15, 0.2) is 45.2 Å². The zero-order valence-electron chi connectivity index (χ0n) is 22.5. The normalized spacial score (nSPS) is 36.0. The summed E-state index contributed by atoms with van der Waals surface area (Å²) in [5.41, 5.74) is 0. The van der Waals surface area contributed by atoms with Gasteiger partial charge >= 0.3 is 45.2 Å². The maximum atomic E-state index is 6.66. The van der Waals surface area contributed by atoms with Gasteiger partial charge in [-0.1, -0.05) is 6.55 Å². The maximum absolute atomic E-state index is 6.66. The number of hydrogen-bond acceptors (Lipinski definition) is 13. The van der Waals surface area contributed by atoms with E-state index in [9.17, 15) is 0 Å². The minimum atomic E-state index is -4.15. The molecule has 4 aliphatic heterocycles. The first-order valence-electron chi connectivity index (χ1n) is 11.2. The average Bonchev–Trinajstić information content (AvgIpc) is 2.60. The second-order valence-corrected chi connectivity index (χ2v) is 34.1. The SMILES string of the molecule is C[Si]CO[Si]12O[Si]3(O[Si](C)C)O[Si](O[Si](C)C)(O[Si](C)C)O[Si](O[Si](C)C)(O1)O[Si](O[Si](C)C)(O2)O3. The molecule has 2 atom stereocenters. The molecule has 0 saturated carbocycles. The molecule has 0 aromatic heterocycles. The summed E-state index contributed by atoms with van der Waals surface area (Å²) in [6.45, 7) is 21.5. The van der Waals surface area contributed by atoms with Gasteiger partial charge in [-0.25, -0.2) is 0 Å². The first-order chi connectivity index (χ1) is 16.6. The van der Waals surface area contributed by atoms with Crippen molar-refractivity contribution in [2.24, 2.45) is 0 Å². The molecule has 0 amide bonds. The number of fused-ring (bicyclic) bond motifs is 2. The van der Waals surface area contributed by atoms with E-state index in [0.717, 1.165) is 0 Å². The Morgan fingerprint density at radius 1 is 0.472 bits per heavy atom. The topological polar surface area (TPSA) is 120 Å². The summed E-state index contributed by atoms with van der Waals surface area (Å²) >= 11 is 0. The van der Waals surface area contributed by atoms with Crippen molar-refractivity contribution in [3.8, 4) is 0 Å². The molecule has 7 radical (unpaired) electrons. The summed E-state index contributed by atoms with van der Waals surface area (Å²) < 4.78 is 83.6. The molecule has 0 aromatic rings. The third kappa shape index (κ3) is 7.99. The highest BCUT2D eigenvalue weighted by Crippen LogP contribution is 2.47. The zero-order chi connectivity index (χ0) is 27.0. The molecule has 0 spiro atoms. The number of hydrogen-bond donors (Lipinski definition) is 0. The molecular weight excluding hydrogens is 661 g/mol. The minimum absolute atomic E-state index is 0.331. The van der Waals surface area contributed by atoms with Crippen molar-refractivity contribution < 1.29 is 53.8 Å². The van der Waals surface area contributed by atoms with Crippen LogP contribution >= 0.6 is 0 Å². The Morgan fingerprint density at radius 3 is 1.08 bits per heavy atom. The second kappa shape index (κ2) is 12.4. The molecule has 205 valence electrons. The van der Waals surface area contributed by atoms with Crippen molar-refractivity contribution in [1.29, 1.82) is 0 Å². The predicted octanol–water partition coefficient (Wildman–Crippen LogP) is 1.39. The Morgan fingerprint density at radius 2 is 0.778 bits per heavy atom. The molecule has 4 saturated heterocycles. The molecule has 0 aliphatic carbocycles. The van der Waals surface area contributed by atoms with Crippen molar-refractivity contribution >= 4 is 100.0 Å². The van der Waals surface area contributed by atoms with Crippen LogP contribution in [0.15, 0.2) is 0 Å². The molecule has 0 aromatic carbocycles. The third-order valence-electron chi connectivity index (χ3n) is 3.79. The van der Waals surface area contributed by atoms with E-state index in [1.807, 2.05) is 72.0 Å². The Hall–Kier alpha value is 1.87. The van der Waals surface area contributed by atoms with Crippen molar-refractivity contribution in [2.45, 2.75) is 72.0 Å². The van der Waals surface area contributed by atoms with Gasteiger partial charge in [-0.05, 0) is 65.5 Å². The smallest absolute Gasteiger partial charge is 0.395 e. The standard InChI is InChI=1S/C12H35O13Si11/c1-26-12-13-32-19-34(16-29(6)7)22-33(14-27(2)3,15-28(4)5)23-35(20-32,17-30(8)9)25-36(21-32,24-34)18-31(10)11/h12H2,1-11H3. The molecule has 0 N–H and O–H groups in total. The average molecular weight is 696 g/mol. The van der Waals surface area contributed by atoms with Gasteiger partial charge in [-0.3, -0.25) is 0 Å². The summed E-state index contributed by atoms with van der Waals surface area (Å²) in [5, 5.41) is 0. The molecular formula is C12H35O13Si11. The fourth-order valence-corrected chi connectivity index (χ4v) is 38.3. The highest BCUT2D eigenvalue weighted by atomic mass is 28.7. The van der Waals surface area contributed by atoms with E-state index < -0.39 is 90.4 Å². The summed E-state index contributed by atoms with van der Waals surface area (Å²) in [5.74, 6) is 0. The molecule has 36 heavy (non-hydrogen) atoms. The lowest BCUT2D eigenvalue weighted by molar-refractivity contribution is -0.122. The van der Waals surface area contributed by atoms with Gasteiger partial charge in [0.05, 0.1) is 9.52 Å². The predicted molar refractivity (Wildman–Crippen MR) is 147 cm³/mol. The maximum Gasteiger partial charge on any atom is 0.661 e. The molecule has 4 heterocycles. The van der Waals surface area contributed by atoms with Crippen molar-refractivity contribution in [1.82, 2.24) is 0 Å². The fraction of sp³-hybridized carbons (Fsp3) is 1.00. The minimum Gasteiger partial charge on any atom is -0.395 e. The molecule has 4 aliphatic rings. The van der Waals surface area contributed by atoms with Crippen molar-refractivity contribution in [3.63, 3.8) is 0 Å². The summed E-state index contributed by atoms with van der Waals surface area (Å²) in [6, 6.07) is 0. The van der Waals surface area contributed by atoms with Gasteiger partial charge in [0.1, 0.15) is 0 Å². The van der Waals surface area contributed by atoms with Crippen LogP contribution in [-0.4, -0.2) is 106 Å². The first-order valence-corrected chi connectivity index (χ1v) is 33.2. The van der Waals surface area contributed by atoms with Crippen LogP contribution in [0.4, 0.5) is 0 Å². The van der Waals surface area contributed by atoms with E-state index in [-0.39, 0.29) is 0 Å². The van der Waals surface area contributed by atoms with E-state index in [0.29, 0.717) is 15.7 Å². The highest BCUT2D eigenvalue weighted by Gasteiger charge is 2.87. The monoisotopic (exact) mass is 695 g/mol. The molecule has 4 bridgehead atoms. The van der Waals surface area contributed by atoms with Crippen LogP contribution in [-0.2, 0) is 53.8 Å². The van der Waals surface area contributed by atoms with Gasteiger partial charge < -0.3 is 53.8 Å².